The fourth-order valence-corrected chi connectivity index (χ4v) is 2.94. The van der Waals surface area contributed by atoms with E-state index in [0.29, 0.717) is 27.9 Å². The van der Waals surface area contributed by atoms with E-state index < -0.39 is 0 Å². The number of imidazole rings is 1. The van der Waals surface area contributed by atoms with Crippen LogP contribution in [0.2, 0.25) is 10.0 Å². The third kappa shape index (κ3) is 2.93. The van der Waals surface area contributed by atoms with Crippen LogP contribution in [0.5, 0.6) is 0 Å². The maximum Gasteiger partial charge on any atom is 0.111 e. The Balaban J connectivity index is 2.64. The first-order valence-corrected chi connectivity index (χ1v) is 8.20. The van der Waals surface area contributed by atoms with Crippen LogP contribution in [-0.4, -0.2) is 15.4 Å². The lowest BCUT2D eigenvalue weighted by Crippen LogP contribution is -2.16. The predicted molar refractivity (Wildman–Crippen MR) is 88.3 cm³/mol. The number of alkyl halides is 1. The second-order valence-corrected chi connectivity index (χ2v) is 6.41. The molecule has 0 fully saturated rings. The molecule has 2 aromatic rings. The minimum atomic E-state index is 0.348. The van der Waals surface area contributed by atoms with E-state index in [0.717, 1.165) is 29.7 Å². The summed E-state index contributed by atoms with van der Waals surface area (Å²) in [5, 5.41) is 1.10. The van der Waals surface area contributed by atoms with E-state index in [2.05, 4.69) is 30.3 Å². The van der Waals surface area contributed by atoms with Gasteiger partial charge in [-0.2, -0.15) is 0 Å². The highest BCUT2D eigenvalue weighted by Gasteiger charge is 2.20. The maximum absolute atomic E-state index is 6.16. The molecule has 0 saturated heterocycles. The second kappa shape index (κ2) is 6.55. The number of nitrogens with zero attached hydrogens (tertiary/aromatic N) is 2. The van der Waals surface area contributed by atoms with Crippen LogP contribution < -0.4 is 0 Å². The van der Waals surface area contributed by atoms with Gasteiger partial charge in [-0.3, -0.25) is 0 Å². The minimum Gasteiger partial charge on any atom is -0.325 e. The summed E-state index contributed by atoms with van der Waals surface area (Å²) in [5.74, 6) is 2.11. The normalized spacial score (nSPS) is 14.7. The van der Waals surface area contributed by atoms with Crippen molar-refractivity contribution in [3.63, 3.8) is 0 Å². The van der Waals surface area contributed by atoms with Gasteiger partial charge in [0, 0.05) is 18.3 Å². The molecule has 0 aliphatic rings. The molecule has 0 N–H and O–H groups in total. The van der Waals surface area contributed by atoms with Gasteiger partial charge in [0.2, 0.25) is 0 Å². The molecule has 110 valence electrons. The molecule has 0 radical (unpaired) electrons. The first kappa shape index (κ1) is 15.9. The van der Waals surface area contributed by atoms with Crippen molar-refractivity contribution < 1.29 is 0 Å². The molecule has 1 heterocycles. The molecule has 0 saturated carbocycles. The molecule has 2 unspecified atom stereocenters. The first-order chi connectivity index (χ1) is 9.49. The van der Waals surface area contributed by atoms with Crippen LogP contribution >= 0.6 is 34.8 Å². The number of aryl methyl sites for hydroxylation is 1. The predicted octanol–water partition coefficient (Wildman–Crippen LogP) is 5.73. The van der Waals surface area contributed by atoms with E-state index in [1.54, 1.807) is 0 Å². The molecule has 20 heavy (non-hydrogen) atoms. The van der Waals surface area contributed by atoms with Crippen molar-refractivity contribution in [2.45, 2.75) is 39.7 Å². The highest BCUT2D eigenvalue weighted by Crippen LogP contribution is 2.32. The number of hydrogen-bond acceptors (Lipinski definition) is 1. The molecule has 1 aromatic heterocycles. The fourth-order valence-electron chi connectivity index (χ4n) is 2.45. The van der Waals surface area contributed by atoms with Crippen molar-refractivity contribution in [1.82, 2.24) is 9.55 Å². The van der Waals surface area contributed by atoms with Crippen LogP contribution in [0.3, 0.4) is 0 Å². The monoisotopic (exact) mass is 332 g/mol. The van der Waals surface area contributed by atoms with E-state index in [9.17, 15) is 0 Å². The largest absolute Gasteiger partial charge is 0.325 e. The van der Waals surface area contributed by atoms with E-state index in [1.165, 1.54) is 0 Å². The highest BCUT2D eigenvalue weighted by atomic mass is 35.5. The van der Waals surface area contributed by atoms with Gasteiger partial charge >= 0.3 is 0 Å². The van der Waals surface area contributed by atoms with E-state index in [1.807, 2.05) is 12.1 Å². The number of hydrogen-bond donors (Lipinski definition) is 0. The van der Waals surface area contributed by atoms with Gasteiger partial charge in [-0.15, -0.1) is 11.6 Å². The fraction of sp³-hybridized carbons (Fsp3) is 0.533. The Morgan fingerprint density at radius 1 is 1.20 bits per heavy atom. The molecule has 0 spiro atoms. The molecule has 1 aromatic carbocycles. The van der Waals surface area contributed by atoms with Crippen molar-refractivity contribution in [3.05, 3.63) is 28.0 Å². The summed E-state index contributed by atoms with van der Waals surface area (Å²) in [6, 6.07) is 4.08. The SMILES string of the molecule is CCC(C)C(C)n1c(CCCl)nc2cc(Cl)c(Cl)cc21. The standard InChI is InChI=1S/C15H19Cl3N2/c1-4-9(2)10(3)20-14-8-12(18)11(17)7-13(14)19-15(20)5-6-16/h7-10H,4-6H2,1-3H3. The molecule has 2 atom stereocenters. The number of benzene rings is 1. The third-order valence-electron chi connectivity index (χ3n) is 4.00. The Labute approximate surface area is 135 Å². The topological polar surface area (TPSA) is 17.8 Å². The van der Waals surface area contributed by atoms with Gasteiger partial charge < -0.3 is 4.57 Å². The van der Waals surface area contributed by atoms with Crippen LogP contribution in [0.1, 0.15) is 39.1 Å². The lowest BCUT2D eigenvalue weighted by atomic mass is 10.0. The van der Waals surface area contributed by atoms with E-state index in [-0.39, 0.29) is 0 Å². The molecular weight excluding hydrogens is 315 g/mol. The Morgan fingerprint density at radius 3 is 2.45 bits per heavy atom. The van der Waals surface area contributed by atoms with Crippen LogP contribution in [0.4, 0.5) is 0 Å². The number of aromatic nitrogens is 2. The Bertz CT molecular complexity index is 607. The lowest BCUT2D eigenvalue weighted by molar-refractivity contribution is 0.369. The van der Waals surface area contributed by atoms with Gasteiger partial charge in [-0.1, -0.05) is 43.5 Å². The summed E-state index contributed by atoms with van der Waals surface area (Å²) in [4.78, 5) is 4.68. The molecule has 0 aliphatic carbocycles. The number of halogens is 3. The van der Waals surface area contributed by atoms with Crippen molar-refractivity contribution >= 4 is 45.8 Å². The second-order valence-electron chi connectivity index (χ2n) is 5.22. The maximum atomic E-state index is 6.16. The molecule has 0 bridgehead atoms. The van der Waals surface area contributed by atoms with Gasteiger partial charge in [-0.25, -0.2) is 4.98 Å². The summed E-state index contributed by atoms with van der Waals surface area (Å²) in [6.45, 7) is 6.67. The zero-order valence-corrected chi connectivity index (χ0v) is 14.2. The summed E-state index contributed by atoms with van der Waals surface area (Å²) in [6.07, 6.45) is 1.86. The lowest BCUT2D eigenvalue weighted by Gasteiger charge is -2.23. The average Bonchev–Trinajstić information content (AvgIpc) is 2.75. The van der Waals surface area contributed by atoms with Gasteiger partial charge in [0.15, 0.2) is 0 Å². The summed E-state index contributed by atoms with van der Waals surface area (Å²) >= 11 is 18.2. The highest BCUT2D eigenvalue weighted by molar-refractivity contribution is 6.42. The molecule has 0 aliphatic heterocycles. The summed E-state index contributed by atoms with van der Waals surface area (Å²) < 4.78 is 2.26. The average molecular weight is 334 g/mol. The summed E-state index contributed by atoms with van der Waals surface area (Å²) in [5.41, 5.74) is 1.92. The van der Waals surface area contributed by atoms with E-state index in [4.69, 9.17) is 34.8 Å². The Morgan fingerprint density at radius 2 is 1.85 bits per heavy atom. The van der Waals surface area contributed by atoms with Crippen LogP contribution in [0.25, 0.3) is 11.0 Å². The van der Waals surface area contributed by atoms with E-state index >= 15 is 0 Å². The van der Waals surface area contributed by atoms with Crippen molar-refractivity contribution in [3.8, 4) is 0 Å². The van der Waals surface area contributed by atoms with Gasteiger partial charge in [0.25, 0.3) is 0 Å². The Hall–Kier alpha value is -0.440. The number of fused-ring (bicyclic) bond motifs is 1. The van der Waals surface area contributed by atoms with Gasteiger partial charge in [0.1, 0.15) is 5.82 Å². The van der Waals surface area contributed by atoms with Crippen LogP contribution in [0, 0.1) is 5.92 Å². The van der Waals surface area contributed by atoms with Crippen LogP contribution in [0.15, 0.2) is 12.1 Å². The first-order valence-electron chi connectivity index (χ1n) is 6.91. The van der Waals surface area contributed by atoms with Crippen LogP contribution in [-0.2, 0) is 6.42 Å². The smallest absolute Gasteiger partial charge is 0.111 e. The third-order valence-corrected chi connectivity index (χ3v) is 4.91. The van der Waals surface area contributed by atoms with Crippen molar-refractivity contribution in [1.29, 1.82) is 0 Å². The quantitative estimate of drug-likeness (QED) is 0.639. The molecule has 2 rings (SSSR count). The van der Waals surface area contributed by atoms with Crippen molar-refractivity contribution in [2.75, 3.05) is 5.88 Å². The zero-order valence-electron chi connectivity index (χ0n) is 12.0. The van der Waals surface area contributed by atoms with Crippen molar-refractivity contribution in [2.24, 2.45) is 5.92 Å². The molecule has 2 nitrogen and oxygen atoms in total. The van der Waals surface area contributed by atoms with Gasteiger partial charge in [0.05, 0.1) is 21.1 Å². The summed E-state index contributed by atoms with van der Waals surface area (Å²) in [7, 11) is 0. The zero-order chi connectivity index (χ0) is 14.9. The molecular formula is C15H19Cl3N2. The molecule has 5 heteroatoms. The molecule has 0 amide bonds. The number of rotatable bonds is 5. The van der Waals surface area contributed by atoms with Gasteiger partial charge in [-0.05, 0) is 25.0 Å². The minimum absolute atomic E-state index is 0.348. The Kier molecular flexibility index (Phi) is 5.22.